The molecule has 0 spiro atoms. The number of nitrogens with zero attached hydrogens (tertiary/aromatic N) is 3. The van der Waals surface area contributed by atoms with Crippen LogP contribution in [0.25, 0.3) is 4.96 Å². The number of morpholine rings is 1. The third-order valence-electron chi connectivity index (χ3n) is 4.29. The molecule has 0 unspecified atom stereocenters. The van der Waals surface area contributed by atoms with E-state index in [-0.39, 0.29) is 11.9 Å². The summed E-state index contributed by atoms with van der Waals surface area (Å²) in [6.07, 6.45) is 0. The van der Waals surface area contributed by atoms with Crippen LogP contribution in [0.5, 0.6) is 5.88 Å². The molecular weight excluding hydrogens is 392 g/mol. The number of aromatic nitrogens is 3. The Morgan fingerprint density at radius 1 is 1.38 bits per heavy atom. The number of benzene rings is 1. The quantitative estimate of drug-likeness (QED) is 0.688. The number of fused-ring (bicyclic) bond motifs is 1. The van der Waals surface area contributed by atoms with Crippen molar-refractivity contribution in [3.63, 3.8) is 0 Å². The average Bonchev–Trinajstić information content (AvgIpc) is 3.07. The minimum atomic E-state index is 0.0419. The molecule has 0 saturated carbocycles. The van der Waals surface area contributed by atoms with Gasteiger partial charge in [0.05, 0.1) is 13.2 Å². The second kappa shape index (κ2) is 6.44. The maximum absolute atomic E-state index is 10.7. The van der Waals surface area contributed by atoms with Gasteiger partial charge in [0.25, 0.3) is 0 Å². The van der Waals surface area contributed by atoms with Gasteiger partial charge in [-0.3, -0.25) is 0 Å². The Morgan fingerprint density at radius 2 is 2.17 bits per heavy atom. The fourth-order valence-corrected chi connectivity index (χ4v) is 4.82. The maximum Gasteiger partial charge on any atom is 0.235 e. The molecule has 2 aromatic heterocycles. The number of nitrogens with one attached hydrogen (secondary N) is 1. The summed E-state index contributed by atoms with van der Waals surface area (Å²) in [6.45, 7) is 5.12. The highest BCUT2D eigenvalue weighted by Crippen LogP contribution is 2.35. The molecule has 4 rings (SSSR count). The van der Waals surface area contributed by atoms with Crippen LogP contribution in [0.3, 0.4) is 0 Å². The molecule has 1 aromatic carbocycles. The molecule has 0 bridgehead atoms. The van der Waals surface area contributed by atoms with Crippen molar-refractivity contribution in [1.29, 1.82) is 0 Å². The lowest BCUT2D eigenvalue weighted by molar-refractivity contribution is -0.932. The lowest BCUT2D eigenvalue weighted by Crippen LogP contribution is -3.14. The van der Waals surface area contributed by atoms with Crippen LogP contribution in [-0.4, -0.2) is 46.0 Å². The Bertz CT molecular complexity index is 872. The molecule has 24 heavy (non-hydrogen) atoms. The van der Waals surface area contributed by atoms with Crippen LogP contribution in [-0.2, 0) is 4.74 Å². The average molecular weight is 410 g/mol. The van der Waals surface area contributed by atoms with E-state index in [0.717, 1.165) is 46.2 Å². The first kappa shape index (κ1) is 16.0. The lowest BCUT2D eigenvalue weighted by atomic mass is 10.0. The van der Waals surface area contributed by atoms with E-state index in [0.29, 0.717) is 5.82 Å². The van der Waals surface area contributed by atoms with Crippen LogP contribution in [0, 0.1) is 6.92 Å². The summed E-state index contributed by atoms with van der Waals surface area (Å²) in [6, 6.07) is 8.32. The van der Waals surface area contributed by atoms with Gasteiger partial charge in [0, 0.05) is 10.0 Å². The predicted molar refractivity (Wildman–Crippen MR) is 94.8 cm³/mol. The molecule has 1 saturated heterocycles. The smallest absolute Gasteiger partial charge is 0.235 e. The number of hydrogen-bond donors (Lipinski definition) is 2. The summed E-state index contributed by atoms with van der Waals surface area (Å²) in [4.78, 5) is 7.42. The van der Waals surface area contributed by atoms with Crippen molar-refractivity contribution in [1.82, 2.24) is 14.6 Å². The summed E-state index contributed by atoms with van der Waals surface area (Å²) >= 11 is 5.07. The first-order valence-corrected chi connectivity index (χ1v) is 9.47. The molecule has 3 aromatic rings. The zero-order valence-corrected chi connectivity index (χ0v) is 15.6. The SMILES string of the molecule is Cc1nc2sc([C@H](c3cccc(Br)c3)[NH+]3CCOCC3)c(O)n2n1. The van der Waals surface area contributed by atoms with Crippen LogP contribution in [0.4, 0.5) is 0 Å². The first-order valence-electron chi connectivity index (χ1n) is 7.86. The number of thiazole rings is 1. The van der Waals surface area contributed by atoms with E-state index in [1.165, 1.54) is 16.2 Å². The van der Waals surface area contributed by atoms with Gasteiger partial charge in [-0.05, 0) is 19.1 Å². The predicted octanol–water partition coefficient (Wildman–Crippen LogP) is 1.57. The number of rotatable bonds is 3. The van der Waals surface area contributed by atoms with Crippen molar-refractivity contribution in [3.05, 3.63) is 45.0 Å². The highest BCUT2D eigenvalue weighted by atomic mass is 79.9. The number of halogens is 1. The summed E-state index contributed by atoms with van der Waals surface area (Å²) in [5.74, 6) is 0.861. The number of hydrogen-bond acceptors (Lipinski definition) is 5. The Kier molecular flexibility index (Phi) is 4.29. The molecule has 0 amide bonds. The van der Waals surface area contributed by atoms with Gasteiger partial charge < -0.3 is 14.7 Å². The second-order valence-corrected chi connectivity index (χ2v) is 7.83. The van der Waals surface area contributed by atoms with Gasteiger partial charge in [-0.15, -0.1) is 5.10 Å². The zero-order valence-electron chi connectivity index (χ0n) is 13.2. The summed E-state index contributed by atoms with van der Waals surface area (Å²) in [7, 11) is 0. The van der Waals surface area contributed by atoms with Crippen molar-refractivity contribution in [2.75, 3.05) is 26.3 Å². The highest BCUT2D eigenvalue weighted by Gasteiger charge is 2.33. The maximum atomic E-state index is 10.7. The Morgan fingerprint density at radius 3 is 2.88 bits per heavy atom. The third-order valence-corrected chi connectivity index (χ3v) is 5.87. The van der Waals surface area contributed by atoms with Gasteiger partial charge in [-0.1, -0.05) is 39.4 Å². The molecular formula is C16H18BrN4O2S+. The van der Waals surface area contributed by atoms with E-state index in [2.05, 4.69) is 38.1 Å². The fourth-order valence-electron chi connectivity index (χ4n) is 3.22. The first-order chi connectivity index (χ1) is 11.6. The van der Waals surface area contributed by atoms with Crippen LogP contribution < -0.4 is 4.90 Å². The van der Waals surface area contributed by atoms with Gasteiger partial charge in [-0.25, -0.2) is 4.98 Å². The van der Waals surface area contributed by atoms with Crippen molar-refractivity contribution in [2.45, 2.75) is 13.0 Å². The van der Waals surface area contributed by atoms with Gasteiger partial charge in [0.15, 0.2) is 6.04 Å². The number of ether oxygens (including phenoxy) is 1. The van der Waals surface area contributed by atoms with Crippen molar-refractivity contribution in [2.24, 2.45) is 0 Å². The molecule has 3 heterocycles. The molecule has 8 heteroatoms. The second-order valence-electron chi connectivity index (χ2n) is 5.90. The Hall–Kier alpha value is -1.48. The van der Waals surface area contributed by atoms with E-state index >= 15 is 0 Å². The Balaban J connectivity index is 1.84. The van der Waals surface area contributed by atoms with E-state index < -0.39 is 0 Å². The molecule has 2 N–H and O–H groups in total. The third kappa shape index (κ3) is 2.83. The molecule has 1 aliphatic rings. The van der Waals surface area contributed by atoms with Crippen LogP contribution in [0.2, 0.25) is 0 Å². The molecule has 6 nitrogen and oxygen atoms in total. The lowest BCUT2D eigenvalue weighted by Gasteiger charge is -2.31. The van der Waals surface area contributed by atoms with Crippen molar-refractivity contribution >= 4 is 32.2 Å². The molecule has 126 valence electrons. The standard InChI is InChI=1S/C16H17BrN4O2S/c1-10-18-16-21(19-10)15(22)14(24-16)13(20-5-7-23-8-6-20)11-3-2-4-12(17)9-11/h2-4,9,13,22H,5-8H2,1H3/p+1/t13-/m0/s1. The van der Waals surface area contributed by atoms with Gasteiger partial charge in [0.1, 0.15) is 23.8 Å². The summed E-state index contributed by atoms with van der Waals surface area (Å²) in [5.41, 5.74) is 1.16. The molecule has 1 atom stereocenters. The van der Waals surface area contributed by atoms with Gasteiger partial charge in [-0.2, -0.15) is 4.52 Å². The van der Waals surface area contributed by atoms with Crippen molar-refractivity contribution in [3.8, 4) is 5.88 Å². The van der Waals surface area contributed by atoms with E-state index in [1.54, 1.807) is 4.52 Å². The largest absolute Gasteiger partial charge is 0.492 e. The molecule has 1 fully saturated rings. The Labute approximate surface area is 151 Å². The van der Waals surface area contributed by atoms with Crippen LogP contribution in [0.15, 0.2) is 28.7 Å². The number of aryl methyl sites for hydroxylation is 1. The minimum absolute atomic E-state index is 0.0419. The topological polar surface area (TPSA) is 64.1 Å². The van der Waals surface area contributed by atoms with E-state index in [1.807, 2.05) is 19.1 Å². The molecule has 1 aliphatic heterocycles. The molecule has 0 aliphatic carbocycles. The van der Waals surface area contributed by atoms with E-state index in [4.69, 9.17) is 4.74 Å². The number of aromatic hydroxyl groups is 1. The van der Waals surface area contributed by atoms with Gasteiger partial charge in [0.2, 0.25) is 10.8 Å². The van der Waals surface area contributed by atoms with Gasteiger partial charge >= 0.3 is 0 Å². The number of quaternary nitrogens is 1. The normalized spacial score (nSPS) is 17.4. The fraction of sp³-hybridized carbons (Fsp3) is 0.375. The minimum Gasteiger partial charge on any atom is -0.492 e. The highest BCUT2D eigenvalue weighted by molar-refractivity contribution is 9.10. The van der Waals surface area contributed by atoms with Crippen molar-refractivity contribution < 1.29 is 14.7 Å². The van der Waals surface area contributed by atoms with Crippen LogP contribution >= 0.6 is 27.3 Å². The summed E-state index contributed by atoms with van der Waals surface area (Å²) < 4.78 is 8.09. The summed E-state index contributed by atoms with van der Waals surface area (Å²) in [5, 5.41) is 15.0. The molecule has 0 radical (unpaired) electrons. The zero-order chi connectivity index (χ0) is 16.7. The monoisotopic (exact) mass is 409 g/mol. The van der Waals surface area contributed by atoms with E-state index in [9.17, 15) is 5.11 Å². The van der Waals surface area contributed by atoms with Crippen LogP contribution in [0.1, 0.15) is 22.3 Å².